The molecule has 0 aliphatic rings. The second-order valence-electron chi connectivity index (χ2n) is 12.6. The standard InChI is InChI=1S/C33H27ClN10O13S4/c1-15-4-3-5-18(10-15)36-32-38-31(34)39-33(40-32)37-19-7-9-23(59(49,50)51)21(14-19)42-44-29-25(61(55,56)57)13-17-12-24(60(52,53)54)28(27(35)26(17)30(29)45)43-41-20-11-16(2)6-8-22(20)58(46,47)48/h3-14,45H,35H2,1-2H3,(H,46,47,48)(H,49,50,51)(H,52,53,54)(H,55,56,57)(H2,36,37,38,39,40). The van der Waals surface area contributed by atoms with Crippen molar-refractivity contribution in [2.24, 2.45) is 20.5 Å². The number of halogens is 1. The SMILES string of the molecule is Cc1cccc(Nc2nc(Cl)nc(Nc3ccc(S(=O)(=O)O)c(N=Nc4c(S(=O)(=O)O)cc5cc(S(=O)(=O)O)c(N=Nc6cc(C)ccc6S(=O)(=O)O)c(N)c5c4O)c3)n2)c1. The second-order valence-corrected chi connectivity index (χ2v) is 18.5. The Bertz CT molecular complexity index is 3340. The van der Waals surface area contributed by atoms with Gasteiger partial charge in [-0.05, 0) is 96.6 Å². The third-order valence-corrected chi connectivity index (χ3v) is 11.9. The third-order valence-electron chi connectivity index (χ3n) is 8.15. The molecule has 0 unspecified atom stereocenters. The van der Waals surface area contributed by atoms with Crippen LogP contribution in [-0.2, 0) is 40.5 Å². The Labute approximate surface area is 350 Å². The van der Waals surface area contributed by atoms with Crippen LogP contribution in [0.4, 0.5) is 51.7 Å². The van der Waals surface area contributed by atoms with E-state index in [0.29, 0.717) is 23.4 Å². The van der Waals surface area contributed by atoms with Gasteiger partial charge >= 0.3 is 0 Å². The van der Waals surface area contributed by atoms with Gasteiger partial charge in [-0.25, -0.2) is 0 Å². The van der Waals surface area contributed by atoms with Crippen molar-refractivity contribution in [1.82, 2.24) is 15.0 Å². The first kappa shape index (κ1) is 44.3. The van der Waals surface area contributed by atoms with E-state index >= 15 is 0 Å². The van der Waals surface area contributed by atoms with E-state index in [2.05, 4.69) is 46.0 Å². The molecule has 0 atom stereocenters. The van der Waals surface area contributed by atoms with E-state index in [0.717, 1.165) is 35.9 Å². The highest BCUT2D eigenvalue weighted by Crippen LogP contribution is 2.48. The maximum atomic E-state index is 12.6. The molecule has 0 saturated carbocycles. The Morgan fingerprint density at radius 3 is 1.59 bits per heavy atom. The zero-order valence-corrected chi connectivity index (χ0v) is 34.7. The number of aryl methyl sites for hydroxylation is 2. The van der Waals surface area contributed by atoms with Crippen LogP contribution in [0.5, 0.6) is 5.75 Å². The molecule has 1 aromatic heterocycles. The van der Waals surface area contributed by atoms with E-state index in [-0.39, 0.29) is 22.9 Å². The normalized spacial score (nSPS) is 12.7. The number of rotatable bonds is 12. The van der Waals surface area contributed by atoms with Gasteiger partial charge in [0.2, 0.25) is 17.2 Å². The van der Waals surface area contributed by atoms with E-state index in [1.54, 1.807) is 18.2 Å². The number of phenolic OH excluding ortho intramolecular Hbond substituents is 1. The highest BCUT2D eigenvalue weighted by Gasteiger charge is 2.29. The highest BCUT2D eigenvalue weighted by molar-refractivity contribution is 7.86. The van der Waals surface area contributed by atoms with Crippen LogP contribution in [-0.4, -0.2) is 71.9 Å². The number of nitrogens with one attached hydrogen (secondary N) is 2. The van der Waals surface area contributed by atoms with Crippen molar-refractivity contribution in [1.29, 1.82) is 0 Å². The Morgan fingerprint density at radius 2 is 1.05 bits per heavy atom. The zero-order chi connectivity index (χ0) is 44.8. The maximum Gasteiger partial charge on any atom is 0.296 e. The average molecular weight is 935 g/mol. The molecule has 6 aromatic rings. The second kappa shape index (κ2) is 16.3. The summed E-state index contributed by atoms with van der Waals surface area (Å²) in [5.41, 5.74) is 4.01. The fraction of sp³-hybridized carbons (Fsp3) is 0.0606. The molecule has 28 heteroatoms. The lowest BCUT2D eigenvalue weighted by molar-refractivity contribution is 0.472. The summed E-state index contributed by atoms with van der Waals surface area (Å²) in [6.07, 6.45) is 0. The van der Waals surface area contributed by atoms with Crippen LogP contribution in [0.15, 0.2) is 113 Å². The van der Waals surface area contributed by atoms with Gasteiger partial charge in [0.1, 0.15) is 42.3 Å². The quantitative estimate of drug-likeness (QED) is 0.0352. The molecule has 0 bridgehead atoms. The van der Waals surface area contributed by atoms with Crippen LogP contribution < -0.4 is 16.4 Å². The molecule has 1 heterocycles. The monoisotopic (exact) mass is 934 g/mol. The molecule has 61 heavy (non-hydrogen) atoms. The molecule has 9 N–H and O–H groups in total. The third kappa shape index (κ3) is 10.0. The number of hydrogen-bond acceptors (Lipinski definition) is 19. The number of nitrogens with zero attached hydrogens (tertiary/aromatic N) is 7. The van der Waals surface area contributed by atoms with Crippen LogP contribution >= 0.6 is 11.6 Å². The van der Waals surface area contributed by atoms with Gasteiger partial charge in [0.05, 0.1) is 11.1 Å². The summed E-state index contributed by atoms with van der Waals surface area (Å²) in [6, 6.07) is 14.7. The minimum absolute atomic E-state index is 0.00211. The molecular weight excluding hydrogens is 908 g/mol. The minimum Gasteiger partial charge on any atom is -0.505 e. The van der Waals surface area contributed by atoms with E-state index in [1.807, 2.05) is 13.0 Å². The number of nitrogens with two attached hydrogens (primary N) is 1. The molecule has 5 aromatic carbocycles. The first-order chi connectivity index (χ1) is 28.3. The number of fused-ring (bicyclic) bond motifs is 1. The van der Waals surface area contributed by atoms with Gasteiger partial charge in [0.25, 0.3) is 40.5 Å². The van der Waals surface area contributed by atoms with E-state index in [9.17, 15) is 57.0 Å². The van der Waals surface area contributed by atoms with Crippen LogP contribution in [0.2, 0.25) is 5.28 Å². The molecule has 0 saturated heterocycles. The first-order valence-electron chi connectivity index (χ1n) is 16.4. The van der Waals surface area contributed by atoms with Crippen molar-refractivity contribution in [3.05, 3.63) is 89.2 Å². The summed E-state index contributed by atoms with van der Waals surface area (Å²) in [5.74, 6) is -1.42. The van der Waals surface area contributed by atoms with Crippen LogP contribution in [0.1, 0.15) is 11.1 Å². The van der Waals surface area contributed by atoms with Crippen LogP contribution in [0.25, 0.3) is 10.8 Å². The first-order valence-corrected chi connectivity index (χ1v) is 22.6. The number of anilines is 5. The van der Waals surface area contributed by atoms with Crippen LogP contribution in [0, 0.1) is 13.8 Å². The number of nitrogen functional groups attached to an aromatic ring is 1. The Kier molecular flexibility index (Phi) is 11.8. The highest BCUT2D eigenvalue weighted by atomic mass is 35.5. The summed E-state index contributed by atoms with van der Waals surface area (Å²) < 4.78 is 139. The molecule has 23 nitrogen and oxygen atoms in total. The Hall–Kier alpha value is -6.30. The van der Waals surface area contributed by atoms with Crippen molar-refractivity contribution in [3.63, 3.8) is 0 Å². The summed E-state index contributed by atoms with van der Waals surface area (Å²) in [5, 5.41) is 30.5. The number of benzene rings is 5. The molecule has 0 radical (unpaired) electrons. The van der Waals surface area contributed by atoms with Crippen molar-refractivity contribution in [2.75, 3.05) is 16.4 Å². The molecular formula is C33H27ClN10O13S4. The predicted octanol–water partition coefficient (Wildman–Crippen LogP) is 6.89. The average Bonchev–Trinajstić information content (AvgIpc) is 3.11. The lowest BCUT2D eigenvalue weighted by Gasteiger charge is -2.14. The van der Waals surface area contributed by atoms with Gasteiger partial charge in [-0.3, -0.25) is 18.2 Å². The summed E-state index contributed by atoms with van der Waals surface area (Å²) in [7, 11) is -20.8. The van der Waals surface area contributed by atoms with Gasteiger partial charge in [-0.15, -0.1) is 20.5 Å². The van der Waals surface area contributed by atoms with E-state index < -0.39 is 105 Å². The van der Waals surface area contributed by atoms with Crippen molar-refractivity contribution < 1.29 is 57.0 Å². The van der Waals surface area contributed by atoms with E-state index in [4.69, 9.17) is 17.3 Å². The van der Waals surface area contributed by atoms with Crippen molar-refractivity contribution >= 4 is 115 Å². The molecule has 318 valence electrons. The molecule has 0 amide bonds. The summed E-state index contributed by atoms with van der Waals surface area (Å²) in [6.45, 7) is 3.37. The van der Waals surface area contributed by atoms with Gasteiger partial charge in [0.15, 0.2) is 5.75 Å². The molecule has 0 fully saturated rings. The maximum absolute atomic E-state index is 12.6. The molecule has 0 spiro atoms. The predicted molar refractivity (Wildman–Crippen MR) is 218 cm³/mol. The lowest BCUT2D eigenvalue weighted by atomic mass is 10.1. The van der Waals surface area contributed by atoms with Gasteiger partial charge in [-0.1, -0.05) is 18.2 Å². The Morgan fingerprint density at radius 1 is 0.574 bits per heavy atom. The van der Waals surface area contributed by atoms with E-state index in [1.165, 1.54) is 13.0 Å². The number of azo groups is 2. The van der Waals surface area contributed by atoms with Gasteiger partial charge < -0.3 is 21.5 Å². The molecule has 0 aliphatic heterocycles. The smallest absolute Gasteiger partial charge is 0.296 e. The van der Waals surface area contributed by atoms with Gasteiger partial charge in [0, 0.05) is 11.4 Å². The van der Waals surface area contributed by atoms with Crippen molar-refractivity contribution in [3.8, 4) is 5.75 Å². The fourth-order valence-electron chi connectivity index (χ4n) is 5.57. The fourth-order valence-corrected chi connectivity index (χ4v) is 8.27. The Balaban J connectivity index is 1.50. The number of aromatic hydroxyl groups is 1. The van der Waals surface area contributed by atoms with Gasteiger partial charge in [-0.2, -0.15) is 48.6 Å². The number of hydrogen-bond donors (Lipinski definition) is 8. The minimum atomic E-state index is -5.42. The molecule has 6 rings (SSSR count). The van der Waals surface area contributed by atoms with Crippen LogP contribution in [0.3, 0.4) is 0 Å². The zero-order valence-electron chi connectivity index (χ0n) is 30.6. The van der Waals surface area contributed by atoms with Crippen molar-refractivity contribution in [2.45, 2.75) is 33.4 Å². The number of aromatic nitrogens is 3. The topological polar surface area (TPSA) is 376 Å². The molecule has 0 aliphatic carbocycles. The summed E-state index contributed by atoms with van der Waals surface area (Å²) >= 11 is 6.11. The largest absolute Gasteiger partial charge is 0.505 e. The number of phenols is 1. The lowest BCUT2D eigenvalue weighted by Crippen LogP contribution is -2.05. The summed E-state index contributed by atoms with van der Waals surface area (Å²) in [4.78, 5) is 8.15.